The van der Waals surface area contributed by atoms with Crippen molar-refractivity contribution in [3.63, 3.8) is 0 Å². The summed E-state index contributed by atoms with van der Waals surface area (Å²) in [6.07, 6.45) is 1.50. The monoisotopic (exact) mass is 532 g/mol. The molecule has 0 spiro atoms. The summed E-state index contributed by atoms with van der Waals surface area (Å²) in [4.78, 5) is 30.0. The van der Waals surface area contributed by atoms with Crippen LogP contribution >= 0.6 is 26.8 Å². The first-order chi connectivity index (χ1) is 15.3. The number of hydrogen-bond acceptors (Lipinski definition) is 4. The number of thiol groups is 1. The molecule has 0 aliphatic carbocycles. The van der Waals surface area contributed by atoms with Crippen molar-refractivity contribution in [1.29, 1.82) is 0 Å². The molecule has 7 nitrogen and oxygen atoms in total. The molecule has 0 heterocycles. The molecule has 0 radical (unpaired) electrons. The van der Waals surface area contributed by atoms with Gasteiger partial charge < -0.3 is 14.7 Å². The molecule has 34 heavy (non-hydrogen) atoms. The Bertz CT molecular complexity index is 1050. The van der Waals surface area contributed by atoms with Crippen molar-refractivity contribution in [1.82, 2.24) is 0 Å². The summed E-state index contributed by atoms with van der Waals surface area (Å²) in [6.45, 7) is 16.5. The predicted octanol–water partition coefficient (Wildman–Crippen LogP) is 6.97. The third-order valence-corrected chi connectivity index (χ3v) is 9.98. The summed E-state index contributed by atoms with van der Waals surface area (Å²) >= 11 is -1.94. The Morgan fingerprint density at radius 2 is 1.12 bits per heavy atom. The van der Waals surface area contributed by atoms with E-state index in [0.29, 0.717) is 9.79 Å². The van der Waals surface area contributed by atoms with Crippen LogP contribution in [0, 0.1) is 0 Å². The van der Waals surface area contributed by atoms with E-state index in [1.165, 1.54) is 0 Å². The van der Waals surface area contributed by atoms with E-state index in [1.807, 2.05) is 38.1 Å². The fourth-order valence-electron chi connectivity index (χ4n) is 3.35. The number of hydrogen-bond donors (Lipinski definition) is 4. The van der Waals surface area contributed by atoms with E-state index in [2.05, 4.69) is 58.0 Å². The average Bonchev–Trinajstić information content (AvgIpc) is 2.68. The number of benzene rings is 2. The fourth-order valence-corrected chi connectivity index (χ4v) is 7.77. The average molecular weight is 533 g/mol. The Kier molecular flexibility index (Phi) is 9.11. The molecule has 0 aromatic heterocycles. The van der Waals surface area contributed by atoms with Crippen LogP contribution in [-0.2, 0) is 41.1 Å². The normalized spacial score (nSPS) is 15.2. The van der Waals surface area contributed by atoms with E-state index >= 15 is 0 Å². The van der Waals surface area contributed by atoms with Crippen LogP contribution < -0.4 is 0 Å². The molecule has 10 heteroatoms. The number of phosphoric acid groups is 2. The molecule has 3 N–H and O–H groups in total. The van der Waals surface area contributed by atoms with E-state index in [1.54, 1.807) is 0 Å². The molecule has 1 unspecified atom stereocenters. The lowest BCUT2D eigenvalue weighted by Crippen LogP contribution is -2.13. The minimum absolute atomic E-state index is 0.186. The Hall–Kier alpha value is -0.950. The fraction of sp³-hybridized carbons (Fsp3) is 0.500. The molecule has 0 amide bonds. The van der Waals surface area contributed by atoms with Crippen LogP contribution in [0.15, 0.2) is 46.2 Å². The van der Waals surface area contributed by atoms with Crippen LogP contribution in [0.1, 0.15) is 77.6 Å². The number of rotatable bonds is 8. The van der Waals surface area contributed by atoms with E-state index < -0.39 is 26.8 Å². The largest absolute Gasteiger partial charge is 0.491 e. The second-order valence-electron chi connectivity index (χ2n) is 10.4. The highest BCUT2D eigenvalue weighted by Crippen LogP contribution is 2.65. The lowest BCUT2D eigenvalue weighted by atomic mass is 9.86. The molecule has 0 saturated heterocycles. The predicted molar refractivity (Wildman–Crippen MR) is 139 cm³/mol. The molecular formula is C24H38O7P2S. The Labute approximate surface area is 206 Å². The van der Waals surface area contributed by atoms with Crippen molar-refractivity contribution in [3.8, 4) is 0 Å². The van der Waals surface area contributed by atoms with Gasteiger partial charge in [-0.15, -0.1) is 0 Å². The van der Waals surface area contributed by atoms with Gasteiger partial charge in [0.25, 0.3) is 0 Å². The number of aryl methyl sites for hydroxylation is 2. The van der Waals surface area contributed by atoms with Gasteiger partial charge in [-0.25, -0.2) is 13.1 Å². The maximum absolute atomic E-state index is 12.7. The Morgan fingerprint density at radius 1 is 0.735 bits per heavy atom. The molecule has 0 aliphatic rings. The standard InChI is InChI=1S/C24H38O7P2S/c1-9-17-11-19(23(3,4)5)15-21(13-17)34(31-33(28,29)30-32(25,26)27)22-14-18(10-2)12-20(16-22)24(6,7)8/h11-16,34H,9-10H2,1-8H3,(H,28,29)(H2,25,26,27). The summed E-state index contributed by atoms with van der Waals surface area (Å²) in [7, 11) is -10.4. The van der Waals surface area contributed by atoms with Crippen molar-refractivity contribution in [2.24, 2.45) is 0 Å². The lowest BCUT2D eigenvalue weighted by molar-refractivity contribution is 0.235. The van der Waals surface area contributed by atoms with Crippen LogP contribution in [-0.4, -0.2) is 14.7 Å². The van der Waals surface area contributed by atoms with Gasteiger partial charge in [-0.05, 0) is 70.2 Å². The zero-order valence-corrected chi connectivity index (χ0v) is 23.9. The Morgan fingerprint density at radius 3 is 1.41 bits per heavy atom. The first-order valence-corrected chi connectivity index (χ1v) is 15.5. The van der Waals surface area contributed by atoms with Crippen LogP contribution in [0.3, 0.4) is 0 Å². The molecule has 2 aromatic rings. The summed E-state index contributed by atoms with van der Waals surface area (Å²) in [6, 6.07) is 11.9. The summed E-state index contributed by atoms with van der Waals surface area (Å²) in [5.74, 6) is 0. The van der Waals surface area contributed by atoms with E-state index in [9.17, 15) is 14.0 Å². The summed E-state index contributed by atoms with van der Waals surface area (Å²) in [5, 5.41) is 0. The van der Waals surface area contributed by atoms with E-state index in [-0.39, 0.29) is 10.8 Å². The van der Waals surface area contributed by atoms with E-state index in [0.717, 1.165) is 35.1 Å². The van der Waals surface area contributed by atoms with Gasteiger partial charge >= 0.3 is 15.6 Å². The molecule has 0 aliphatic heterocycles. The molecule has 0 saturated carbocycles. The van der Waals surface area contributed by atoms with Gasteiger partial charge in [-0.3, -0.25) is 0 Å². The molecule has 192 valence electrons. The first-order valence-electron chi connectivity index (χ1n) is 11.2. The molecule has 0 bridgehead atoms. The van der Waals surface area contributed by atoms with Gasteiger partial charge in [0, 0.05) is 9.79 Å². The topological polar surface area (TPSA) is 113 Å². The third-order valence-electron chi connectivity index (χ3n) is 5.37. The first kappa shape index (κ1) is 29.3. The third kappa shape index (κ3) is 8.32. The molecule has 2 rings (SSSR count). The smallest absolute Gasteiger partial charge is 0.302 e. The Balaban J connectivity index is 2.80. The van der Waals surface area contributed by atoms with E-state index in [4.69, 9.17) is 13.8 Å². The minimum atomic E-state index is -5.26. The highest BCUT2D eigenvalue weighted by molar-refractivity contribution is 8.15. The molecule has 0 fully saturated rings. The second kappa shape index (κ2) is 10.6. The van der Waals surface area contributed by atoms with Crippen LogP contribution in [0.25, 0.3) is 0 Å². The van der Waals surface area contributed by atoms with Gasteiger partial charge in [-0.1, -0.05) is 78.7 Å². The van der Waals surface area contributed by atoms with Gasteiger partial charge in [0.2, 0.25) is 0 Å². The highest BCUT2D eigenvalue weighted by atomic mass is 32.2. The van der Waals surface area contributed by atoms with Crippen molar-refractivity contribution >= 4 is 26.8 Å². The second-order valence-corrected chi connectivity index (χ2v) is 15.2. The van der Waals surface area contributed by atoms with Gasteiger partial charge in [0.05, 0.1) is 0 Å². The van der Waals surface area contributed by atoms with Crippen LogP contribution in [0.5, 0.6) is 0 Å². The molecular weight excluding hydrogens is 494 g/mol. The van der Waals surface area contributed by atoms with Crippen molar-refractivity contribution in [2.75, 3.05) is 0 Å². The van der Waals surface area contributed by atoms with Crippen LogP contribution in [0.2, 0.25) is 0 Å². The van der Waals surface area contributed by atoms with Crippen molar-refractivity contribution in [3.05, 3.63) is 58.7 Å². The summed E-state index contributed by atoms with van der Waals surface area (Å²) < 4.78 is 33.8. The van der Waals surface area contributed by atoms with Gasteiger partial charge in [-0.2, -0.15) is 4.31 Å². The van der Waals surface area contributed by atoms with Gasteiger partial charge in [0.15, 0.2) is 0 Å². The minimum Gasteiger partial charge on any atom is -0.302 e. The zero-order chi connectivity index (χ0) is 26.1. The van der Waals surface area contributed by atoms with Crippen molar-refractivity contribution in [2.45, 2.75) is 88.9 Å². The zero-order valence-electron chi connectivity index (χ0n) is 21.2. The molecule has 2 aromatic carbocycles. The molecule has 1 atom stereocenters. The SMILES string of the molecule is CCc1cc([SH](OP(=O)(O)OP(=O)(O)O)c2cc(CC)cc(C(C)(C)C)c2)cc(C(C)(C)C)c1. The maximum Gasteiger partial charge on any atom is 0.491 e. The summed E-state index contributed by atoms with van der Waals surface area (Å²) in [5.41, 5.74) is 3.76. The maximum atomic E-state index is 12.7. The van der Waals surface area contributed by atoms with Crippen molar-refractivity contribution < 1.29 is 32.1 Å². The van der Waals surface area contributed by atoms with Crippen LogP contribution in [0.4, 0.5) is 0 Å². The highest BCUT2D eigenvalue weighted by Gasteiger charge is 2.36. The quantitative estimate of drug-likeness (QED) is 0.215. The lowest BCUT2D eigenvalue weighted by Gasteiger charge is -2.29. The van der Waals surface area contributed by atoms with Gasteiger partial charge in [0.1, 0.15) is 0 Å².